The van der Waals surface area contributed by atoms with Crippen LogP contribution in [0.4, 0.5) is 17.6 Å². The number of ether oxygens (including phenoxy) is 2. The van der Waals surface area contributed by atoms with E-state index < -0.39 is 52.4 Å². The summed E-state index contributed by atoms with van der Waals surface area (Å²) in [5.74, 6) is -12.2. The van der Waals surface area contributed by atoms with Crippen LogP contribution in [0.2, 0.25) is 0 Å². The van der Waals surface area contributed by atoms with Crippen LogP contribution in [0, 0.1) is 0 Å². The molecule has 20 heavy (non-hydrogen) atoms. The van der Waals surface area contributed by atoms with Crippen molar-refractivity contribution in [2.45, 2.75) is 19.6 Å². The third kappa shape index (κ3) is 2.15. The third-order valence-corrected chi connectivity index (χ3v) is 2.38. The van der Waals surface area contributed by atoms with Crippen LogP contribution in [0.1, 0.15) is 13.8 Å². The lowest BCUT2D eigenvalue weighted by Crippen LogP contribution is -2.42. The smallest absolute Gasteiger partial charge is 0.349 e. The van der Waals surface area contributed by atoms with Gasteiger partial charge in [-0.15, -0.1) is 0 Å². The van der Waals surface area contributed by atoms with E-state index in [0.29, 0.717) is 0 Å². The molecule has 0 amide bonds. The Morgan fingerprint density at radius 3 is 1.65 bits per heavy atom. The number of carbonyl (C=O) groups excluding carboxylic acids is 2. The van der Waals surface area contributed by atoms with Gasteiger partial charge >= 0.3 is 11.9 Å². The quantitative estimate of drug-likeness (QED) is 0.243. The van der Waals surface area contributed by atoms with Gasteiger partial charge in [-0.2, -0.15) is 8.78 Å². The highest BCUT2D eigenvalue weighted by Crippen LogP contribution is 2.37. The first-order valence-electron chi connectivity index (χ1n) is 5.23. The number of hydrogen-bond donors (Lipinski definition) is 1. The Morgan fingerprint density at radius 1 is 0.850 bits per heavy atom. The number of cyclic esters (lactones) is 2. The first-order valence-corrected chi connectivity index (χ1v) is 5.23. The molecule has 0 atom stereocenters. The second-order valence-corrected chi connectivity index (χ2v) is 4.31. The Balaban J connectivity index is 2.64. The summed E-state index contributed by atoms with van der Waals surface area (Å²) in [7, 11) is 0. The molecule has 5 nitrogen and oxygen atoms in total. The summed E-state index contributed by atoms with van der Waals surface area (Å²) >= 11 is 0. The Labute approximate surface area is 109 Å². The SMILES string of the molecule is CC1(C)OC(=O)C(=C2C(F)=C(F)NC(F)=C2F)C(=O)O1. The Hall–Kier alpha value is -2.32. The Kier molecular flexibility index (Phi) is 3.07. The normalized spacial score (nSPS) is 22.7. The molecule has 0 saturated carbocycles. The molecular weight excluding hydrogens is 286 g/mol. The maximum Gasteiger partial charge on any atom is 0.349 e. The number of hydrogen-bond acceptors (Lipinski definition) is 5. The van der Waals surface area contributed by atoms with E-state index in [0.717, 1.165) is 5.32 Å². The minimum atomic E-state index is -1.94. The largest absolute Gasteiger partial charge is 0.419 e. The molecule has 1 N–H and O–H groups in total. The number of allylic oxidation sites excluding steroid dienone is 3. The first kappa shape index (κ1) is 14.1. The number of nitrogens with one attached hydrogen (secondary N) is 1. The molecule has 108 valence electrons. The molecule has 2 aliphatic heterocycles. The molecule has 0 radical (unpaired) electrons. The Morgan fingerprint density at radius 2 is 1.25 bits per heavy atom. The Bertz CT molecular complexity index is 570. The topological polar surface area (TPSA) is 64.6 Å². The molecule has 2 heterocycles. The van der Waals surface area contributed by atoms with Crippen LogP contribution >= 0.6 is 0 Å². The van der Waals surface area contributed by atoms with Crippen molar-refractivity contribution in [2.24, 2.45) is 0 Å². The zero-order valence-corrected chi connectivity index (χ0v) is 10.1. The van der Waals surface area contributed by atoms with Crippen molar-refractivity contribution in [1.82, 2.24) is 5.32 Å². The molecule has 2 aliphatic rings. The fraction of sp³-hybridized carbons (Fsp3) is 0.273. The molecular formula is C11H7F4NO4. The van der Waals surface area contributed by atoms with Crippen molar-refractivity contribution < 1.29 is 36.6 Å². The molecule has 1 saturated heterocycles. The first-order chi connectivity index (χ1) is 9.14. The van der Waals surface area contributed by atoms with Crippen LogP contribution in [-0.2, 0) is 19.1 Å². The average Bonchev–Trinajstić information content (AvgIpc) is 2.28. The van der Waals surface area contributed by atoms with E-state index in [4.69, 9.17) is 0 Å². The molecule has 0 aliphatic carbocycles. The second kappa shape index (κ2) is 4.36. The fourth-order valence-corrected chi connectivity index (χ4v) is 1.60. The molecule has 0 aromatic heterocycles. The minimum absolute atomic E-state index is 1.13. The van der Waals surface area contributed by atoms with Crippen LogP contribution in [0.3, 0.4) is 0 Å². The number of dihydropyridines is 1. The van der Waals surface area contributed by atoms with Crippen LogP contribution in [-0.4, -0.2) is 17.7 Å². The highest BCUT2D eigenvalue weighted by atomic mass is 19.2. The van der Waals surface area contributed by atoms with Crippen LogP contribution in [0.25, 0.3) is 0 Å². The highest BCUT2D eigenvalue weighted by molar-refractivity contribution is 6.17. The van der Waals surface area contributed by atoms with Crippen LogP contribution < -0.4 is 5.32 Å². The van der Waals surface area contributed by atoms with E-state index in [9.17, 15) is 27.2 Å². The summed E-state index contributed by atoms with van der Waals surface area (Å²) in [6, 6.07) is 0. The molecule has 2 rings (SSSR count). The van der Waals surface area contributed by atoms with Gasteiger partial charge in [0.25, 0.3) is 5.79 Å². The molecule has 0 aromatic carbocycles. The van der Waals surface area contributed by atoms with Gasteiger partial charge in [0.1, 0.15) is 0 Å². The summed E-state index contributed by atoms with van der Waals surface area (Å²) < 4.78 is 62.3. The van der Waals surface area contributed by atoms with Crippen LogP contribution in [0.15, 0.2) is 34.7 Å². The zero-order chi connectivity index (χ0) is 15.2. The van der Waals surface area contributed by atoms with Crippen molar-refractivity contribution in [3.8, 4) is 0 Å². The number of esters is 2. The predicted molar refractivity (Wildman–Crippen MR) is 54.9 cm³/mol. The minimum Gasteiger partial charge on any atom is -0.419 e. The summed E-state index contributed by atoms with van der Waals surface area (Å²) in [5, 5.41) is 1.13. The standard InChI is InChI=1S/C11H7F4NO4/c1-11(2)19-9(17)4(10(18)20-11)3-5(12)7(14)16-8(15)6(3)13/h16H,1-2H3. The van der Waals surface area contributed by atoms with E-state index in [1.54, 1.807) is 0 Å². The van der Waals surface area contributed by atoms with Crippen molar-refractivity contribution in [1.29, 1.82) is 0 Å². The van der Waals surface area contributed by atoms with Gasteiger partial charge in [0.2, 0.25) is 11.9 Å². The molecule has 9 heteroatoms. The molecule has 0 aromatic rings. The monoisotopic (exact) mass is 293 g/mol. The van der Waals surface area contributed by atoms with E-state index in [-0.39, 0.29) is 0 Å². The van der Waals surface area contributed by atoms with Crippen molar-refractivity contribution >= 4 is 11.9 Å². The molecule has 1 fully saturated rings. The van der Waals surface area contributed by atoms with Crippen molar-refractivity contribution in [3.63, 3.8) is 0 Å². The van der Waals surface area contributed by atoms with Gasteiger partial charge in [-0.1, -0.05) is 0 Å². The van der Waals surface area contributed by atoms with E-state index >= 15 is 0 Å². The van der Waals surface area contributed by atoms with Gasteiger partial charge in [-0.25, -0.2) is 18.4 Å². The summed E-state index contributed by atoms with van der Waals surface area (Å²) in [5.41, 5.74) is -2.74. The van der Waals surface area contributed by atoms with E-state index in [1.807, 2.05) is 0 Å². The number of rotatable bonds is 0. The van der Waals surface area contributed by atoms with E-state index in [2.05, 4.69) is 9.47 Å². The van der Waals surface area contributed by atoms with Gasteiger partial charge in [-0.3, -0.25) is 0 Å². The summed E-state index contributed by atoms with van der Waals surface area (Å²) in [4.78, 5) is 23.2. The van der Waals surface area contributed by atoms with E-state index in [1.165, 1.54) is 13.8 Å². The molecule has 0 bridgehead atoms. The third-order valence-electron chi connectivity index (χ3n) is 2.38. The summed E-state index contributed by atoms with van der Waals surface area (Å²) in [6.07, 6.45) is 0. The van der Waals surface area contributed by atoms with Crippen LogP contribution in [0.5, 0.6) is 0 Å². The predicted octanol–water partition coefficient (Wildman–Crippen LogP) is 1.94. The molecule has 0 unspecified atom stereocenters. The van der Waals surface area contributed by atoms with Crippen molar-refractivity contribution in [3.05, 3.63) is 34.7 Å². The zero-order valence-electron chi connectivity index (χ0n) is 10.1. The lowest BCUT2D eigenvalue weighted by atomic mass is 10.0. The fourth-order valence-electron chi connectivity index (χ4n) is 1.60. The van der Waals surface area contributed by atoms with Gasteiger partial charge in [0.05, 0.1) is 5.57 Å². The maximum atomic E-state index is 13.5. The average molecular weight is 293 g/mol. The van der Waals surface area contributed by atoms with Crippen molar-refractivity contribution in [2.75, 3.05) is 0 Å². The highest BCUT2D eigenvalue weighted by Gasteiger charge is 2.44. The number of halogens is 4. The van der Waals surface area contributed by atoms with Gasteiger partial charge in [-0.05, 0) is 0 Å². The lowest BCUT2D eigenvalue weighted by Gasteiger charge is -2.30. The number of carbonyl (C=O) groups is 2. The van der Waals surface area contributed by atoms with Gasteiger partial charge in [0, 0.05) is 13.8 Å². The van der Waals surface area contributed by atoms with Gasteiger partial charge < -0.3 is 14.8 Å². The molecule has 0 spiro atoms. The van der Waals surface area contributed by atoms with Gasteiger partial charge in [0.15, 0.2) is 17.2 Å². The maximum absolute atomic E-state index is 13.5. The summed E-state index contributed by atoms with van der Waals surface area (Å²) in [6.45, 7) is 2.40. The second-order valence-electron chi connectivity index (χ2n) is 4.31. The lowest BCUT2D eigenvalue weighted by molar-refractivity contribution is -0.222.